The fourth-order valence-electron chi connectivity index (χ4n) is 2.37. The number of hydrogen-bond donors (Lipinski definition) is 1. The summed E-state index contributed by atoms with van der Waals surface area (Å²) in [6, 6.07) is 3.47. The van der Waals surface area contributed by atoms with Crippen LogP contribution in [0.3, 0.4) is 0 Å². The van der Waals surface area contributed by atoms with E-state index < -0.39 is 0 Å². The molecule has 1 N–H and O–H groups in total. The van der Waals surface area contributed by atoms with Crippen molar-refractivity contribution in [2.24, 2.45) is 0 Å². The maximum Gasteiger partial charge on any atom is 0.276 e. The summed E-state index contributed by atoms with van der Waals surface area (Å²) in [4.78, 5) is 19.7. The molecule has 1 aliphatic heterocycles. The van der Waals surface area contributed by atoms with E-state index in [2.05, 4.69) is 34.1 Å². The molecule has 1 atom stereocenters. The summed E-state index contributed by atoms with van der Waals surface area (Å²) in [6.07, 6.45) is 0.950. The highest BCUT2D eigenvalue weighted by atomic mass is 16.6. The van der Waals surface area contributed by atoms with Gasteiger partial charge in [0.2, 0.25) is 0 Å². The Morgan fingerprint density at radius 3 is 2.86 bits per heavy atom. The van der Waals surface area contributed by atoms with Crippen molar-refractivity contribution in [3.63, 3.8) is 0 Å². The minimum absolute atomic E-state index is 0.0881. The number of likely N-dealkylation sites (N-methyl/N-ethyl adjacent to an activating group) is 1. The lowest BCUT2D eigenvalue weighted by Crippen LogP contribution is -2.50. The van der Waals surface area contributed by atoms with Gasteiger partial charge in [-0.1, -0.05) is 6.92 Å². The first-order valence-electron chi connectivity index (χ1n) is 7.36. The Kier molecular flexibility index (Phi) is 4.95. The van der Waals surface area contributed by atoms with Crippen molar-refractivity contribution in [1.29, 1.82) is 0 Å². The van der Waals surface area contributed by atoms with Gasteiger partial charge in [-0.3, -0.25) is 10.1 Å². The van der Waals surface area contributed by atoms with Crippen molar-refractivity contribution >= 4 is 17.3 Å². The molecule has 0 radical (unpaired) electrons. The molecule has 2 heterocycles. The average Bonchev–Trinajstić information content (AvgIpc) is 2.47. The average molecular weight is 293 g/mol. The third-order valence-electron chi connectivity index (χ3n) is 3.85. The van der Waals surface area contributed by atoms with Gasteiger partial charge in [-0.2, -0.15) is 0 Å². The third kappa shape index (κ3) is 3.81. The normalized spacial score (nSPS) is 19.6. The Bertz CT molecular complexity index is 508. The number of nitrogens with zero attached hydrogens (tertiary/aromatic N) is 4. The van der Waals surface area contributed by atoms with Crippen LogP contribution in [0.25, 0.3) is 0 Å². The first-order valence-corrected chi connectivity index (χ1v) is 7.36. The summed E-state index contributed by atoms with van der Waals surface area (Å²) < 4.78 is 0. The van der Waals surface area contributed by atoms with Gasteiger partial charge in [-0.15, -0.1) is 0 Å². The van der Waals surface area contributed by atoms with E-state index in [0.717, 1.165) is 32.6 Å². The van der Waals surface area contributed by atoms with E-state index in [1.165, 1.54) is 6.07 Å². The molecule has 0 aliphatic carbocycles. The van der Waals surface area contributed by atoms with E-state index >= 15 is 0 Å². The molecule has 7 nitrogen and oxygen atoms in total. The maximum atomic E-state index is 11.1. The Hall–Kier alpha value is -1.89. The van der Waals surface area contributed by atoms with Gasteiger partial charge in [-0.25, -0.2) is 4.98 Å². The molecule has 0 saturated carbocycles. The number of hydrogen-bond acceptors (Lipinski definition) is 6. The smallest absolute Gasteiger partial charge is 0.276 e. The van der Waals surface area contributed by atoms with Crippen molar-refractivity contribution in [1.82, 2.24) is 9.88 Å². The van der Waals surface area contributed by atoms with Crippen molar-refractivity contribution in [2.45, 2.75) is 26.3 Å². The van der Waals surface area contributed by atoms with Crippen LogP contribution in [0.15, 0.2) is 12.1 Å². The summed E-state index contributed by atoms with van der Waals surface area (Å²) >= 11 is 0. The molecule has 1 aromatic heterocycles. The Labute approximate surface area is 125 Å². The van der Waals surface area contributed by atoms with E-state index in [-0.39, 0.29) is 10.6 Å². The van der Waals surface area contributed by atoms with Crippen LogP contribution in [0.1, 0.15) is 20.3 Å². The van der Waals surface area contributed by atoms with Crippen LogP contribution < -0.4 is 10.2 Å². The van der Waals surface area contributed by atoms with E-state index in [1.807, 2.05) is 6.92 Å². The number of anilines is 2. The summed E-state index contributed by atoms with van der Waals surface area (Å²) in [5.41, 5.74) is 0.0881. The fraction of sp³-hybridized carbons (Fsp3) is 0.643. The highest BCUT2D eigenvalue weighted by molar-refractivity contribution is 5.56. The van der Waals surface area contributed by atoms with Gasteiger partial charge in [0, 0.05) is 32.2 Å². The van der Waals surface area contributed by atoms with Crippen LogP contribution >= 0.6 is 0 Å². The molecule has 7 heteroatoms. The predicted molar refractivity (Wildman–Crippen MR) is 84.0 cm³/mol. The minimum atomic E-state index is -0.359. The van der Waals surface area contributed by atoms with Gasteiger partial charge in [0.05, 0.1) is 17.1 Å². The lowest BCUT2D eigenvalue weighted by molar-refractivity contribution is -0.384. The van der Waals surface area contributed by atoms with Gasteiger partial charge < -0.3 is 15.1 Å². The minimum Gasteiger partial charge on any atom is -0.370 e. The number of rotatable bonds is 5. The van der Waals surface area contributed by atoms with Gasteiger partial charge in [0.15, 0.2) is 0 Å². The van der Waals surface area contributed by atoms with E-state index in [1.54, 1.807) is 6.07 Å². The van der Waals surface area contributed by atoms with Crippen LogP contribution in [0.4, 0.5) is 17.3 Å². The topological polar surface area (TPSA) is 74.5 Å². The largest absolute Gasteiger partial charge is 0.370 e. The zero-order valence-electron chi connectivity index (χ0n) is 12.9. The molecule has 0 bridgehead atoms. The second-order valence-corrected chi connectivity index (χ2v) is 5.53. The molecule has 116 valence electrons. The molecule has 2 rings (SSSR count). The van der Waals surface area contributed by atoms with Gasteiger partial charge in [0.1, 0.15) is 11.6 Å². The molecular formula is C14H23N5O2. The maximum absolute atomic E-state index is 11.1. The Balaban J connectivity index is 2.25. The van der Waals surface area contributed by atoms with Gasteiger partial charge >= 0.3 is 0 Å². The van der Waals surface area contributed by atoms with Crippen LogP contribution in [-0.4, -0.2) is 54.1 Å². The molecule has 1 aromatic rings. The third-order valence-corrected chi connectivity index (χ3v) is 3.85. The first-order chi connectivity index (χ1) is 10.0. The monoisotopic (exact) mass is 293 g/mol. The lowest BCUT2D eigenvalue weighted by Gasteiger charge is -2.38. The standard InChI is InChI=1S/C14H23N5O2/c1-4-5-15-13-8-12(19(20)21)9-14(16-13)18-7-6-17(3)11(2)10-18/h8-9,11H,4-7,10H2,1-3H3,(H,15,16). The van der Waals surface area contributed by atoms with Crippen molar-refractivity contribution in [3.05, 3.63) is 22.2 Å². The second kappa shape index (κ2) is 6.71. The van der Waals surface area contributed by atoms with E-state index in [0.29, 0.717) is 17.7 Å². The quantitative estimate of drug-likeness (QED) is 0.660. The molecule has 0 aromatic carbocycles. The zero-order valence-corrected chi connectivity index (χ0v) is 12.9. The Morgan fingerprint density at radius 2 is 2.24 bits per heavy atom. The molecule has 1 unspecified atom stereocenters. The molecule has 1 fully saturated rings. The van der Waals surface area contributed by atoms with Crippen molar-refractivity contribution in [3.8, 4) is 0 Å². The summed E-state index contributed by atoms with van der Waals surface area (Å²) in [6.45, 7) is 7.56. The molecule has 1 saturated heterocycles. The number of pyridine rings is 1. The van der Waals surface area contributed by atoms with Crippen molar-refractivity contribution in [2.75, 3.05) is 43.4 Å². The highest BCUT2D eigenvalue weighted by Gasteiger charge is 2.23. The van der Waals surface area contributed by atoms with Crippen LogP contribution in [0, 0.1) is 10.1 Å². The predicted octanol–water partition coefficient (Wildman–Crippen LogP) is 1.95. The summed E-state index contributed by atoms with van der Waals surface area (Å²) in [7, 11) is 2.09. The number of aromatic nitrogens is 1. The summed E-state index contributed by atoms with van der Waals surface area (Å²) in [5.74, 6) is 1.26. The van der Waals surface area contributed by atoms with Crippen LogP contribution in [0.2, 0.25) is 0 Å². The lowest BCUT2D eigenvalue weighted by atomic mass is 10.2. The van der Waals surface area contributed by atoms with Gasteiger partial charge in [0.25, 0.3) is 5.69 Å². The number of nitro groups is 1. The second-order valence-electron chi connectivity index (χ2n) is 5.53. The molecule has 1 aliphatic rings. The summed E-state index contributed by atoms with van der Waals surface area (Å²) in [5, 5.41) is 14.2. The van der Waals surface area contributed by atoms with Crippen LogP contribution in [0.5, 0.6) is 0 Å². The SMILES string of the molecule is CCCNc1cc([N+](=O)[O-])cc(N2CCN(C)C(C)C2)n1. The van der Waals surface area contributed by atoms with E-state index in [4.69, 9.17) is 0 Å². The number of piperazine rings is 1. The van der Waals surface area contributed by atoms with Crippen molar-refractivity contribution < 1.29 is 4.92 Å². The number of nitrogens with one attached hydrogen (secondary N) is 1. The fourth-order valence-corrected chi connectivity index (χ4v) is 2.37. The molecule has 21 heavy (non-hydrogen) atoms. The highest BCUT2D eigenvalue weighted by Crippen LogP contribution is 2.25. The van der Waals surface area contributed by atoms with Gasteiger partial charge in [-0.05, 0) is 20.4 Å². The molecular weight excluding hydrogens is 270 g/mol. The zero-order chi connectivity index (χ0) is 15.4. The van der Waals surface area contributed by atoms with E-state index in [9.17, 15) is 10.1 Å². The Morgan fingerprint density at radius 1 is 1.48 bits per heavy atom. The molecule has 0 spiro atoms. The van der Waals surface area contributed by atoms with Crippen LogP contribution in [-0.2, 0) is 0 Å². The first kappa shape index (κ1) is 15.5. The molecule has 0 amide bonds.